The Balaban J connectivity index is 1.49. The van der Waals surface area contributed by atoms with Gasteiger partial charge >= 0.3 is 0 Å². The van der Waals surface area contributed by atoms with Gasteiger partial charge in [-0.25, -0.2) is 4.98 Å². The lowest BCUT2D eigenvalue weighted by Crippen LogP contribution is -2.13. The van der Waals surface area contributed by atoms with Gasteiger partial charge in [-0.15, -0.1) is 0 Å². The largest absolute Gasteiger partial charge is 0.494 e. The maximum Gasteiger partial charge on any atom is 0.224 e. The molecule has 0 atom stereocenters. The summed E-state index contributed by atoms with van der Waals surface area (Å²) in [6, 6.07) is 8.95. The Labute approximate surface area is 176 Å². The van der Waals surface area contributed by atoms with Crippen LogP contribution in [-0.4, -0.2) is 33.1 Å². The van der Waals surface area contributed by atoms with Crippen molar-refractivity contribution in [2.24, 2.45) is 7.05 Å². The third-order valence-corrected chi connectivity index (χ3v) is 4.92. The van der Waals surface area contributed by atoms with E-state index < -0.39 is 0 Å². The number of aryl methyl sites for hydroxylation is 2. The van der Waals surface area contributed by atoms with Gasteiger partial charge in [0.15, 0.2) is 11.4 Å². The zero-order chi connectivity index (χ0) is 21.5. The molecule has 0 saturated carbocycles. The molecule has 1 aromatic carbocycles. The third kappa shape index (κ3) is 5.43. The van der Waals surface area contributed by atoms with E-state index in [2.05, 4.69) is 22.3 Å². The number of hydrogen-bond acceptors (Lipinski definition) is 5. The number of benzene rings is 1. The number of amides is 1. The molecule has 0 aliphatic carbocycles. The lowest BCUT2D eigenvalue weighted by molar-refractivity contribution is -0.116. The predicted molar refractivity (Wildman–Crippen MR) is 117 cm³/mol. The molecule has 2 aromatic heterocycles. The highest BCUT2D eigenvalue weighted by atomic mass is 16.5. The van der Waals surface area contributed by atoms with Gasteiger partial charge in [-0.05, 0) is 43.7 Å². The Morgan fingerprint density at radius 1 is 1.13 bits per heavy atom. The van der Waals surface area contributed by atoms with Crippen LogP contribution in [0.4, 0.5) is 5.69 Å². The molecule has 0 bridgehead atoms. The second-order valence-electron chi connectivity index (χ2n) is 7.36. The minimum Gasteiger partial charge on any atom is -0.494 e. The van der Waals surface area contributed by atoms with E-state index in [4.69, 9.17) is 4.74 Å². The first-order valence-electron chi connectivity index (χ1n) is 10.3. The van der Waals surface area contributed by atoms with E-state index in [-0.39, 0.29) is 24.5 Å². The molecule has 30 heavy (non-hydrogen) atoms. The molecule has 0 aliphatic heterocycles. The molecule has 158 valence electrons. The molecule has 1 N–H and O–H groups in total. The van der Waals surface area contributed by atoms with E-state index in [1.54, 1.807) is 35.1 Å². The van der Waals surface area contributed by atoms with Crippen LogP contribution in [0.25, 0.3) is 11.0 Å². The highest BCUT2D eigenvalue weighted by molar-refractivity contribution is 6.00. The smallest absolute Gasteiger partial charge is 0.224 e. The van der Waals surface area contributed by atoms with Crippen molar-refractivity contribution in [3.8, 4) is 5.75 Å². The summed E-state index contributed by atoms with van der Waals surface area (Å²) in [6.07, 6.45) is 5.17. The number of rotatable bonds is 10. The number of nitrogens with one attached hydrogen (secondary N) is 1. The fourth-order valence-electron chi connectivity index (χ4n) is 3.25. The number of pyridine rings is 1. The third-order valence-electron chi connectivity index (χ3n) is 4.92. The number of anilines is 1. The molecule has 3 aromatic rings. The molecule has 7 nitrogen and oxygen atoms in total. The van der Waals surface area contributed by atoms with E-state index in [1.165, 1.54) is 0 Å². The van der Waals surface area contributed by atoms with Crippen LogP contribution < -0.4 is 10.1 Å². The van der Waals surface area contributed by atoms with Crippen LogP contribution in [0.15, 0.2) is 36.5 Å². The van der Waals surface area contributed by atoms with Crippen LogP contribution in [0.1, 0.15) is 55.1 Å². The Kier molecular flexibility index (Phi) is 7.17. The Bertz CT molecular complexity index is 1020. The van der Waals surface area contributed by atoms with E-state index in [0.717, 1.165) is 41.7 Å². The maximum atomic E-state index is 12.4. The van der Waals surface area contributed by atoms with Crippen molar-refractivity contribution < 1.29 is 14.3 Å². The number of ether oxygens (including phenoxy) is 1. The second-order valence-corrected chi connectivity index (χ2v) is 7.36. The quantitative estimate of drug-likeness (QED) is 0.396. The summed E-state index contributed by atoms with van der Waals surface area (Å²) >= 11 is 0. The first-order chi connectivity index (χ1) is 14.5. The molecule has 0 spiro atoms. The summed E-state index contributed by atoms with van der Waals surface area (Å²) in [7, 11) is 1.83. The first-order valence-corrected chi connectivity index (χ1v) is 10.3. The van der Waals surface area contributed by atoms with Crippen LogP contribution in [0.2, 0.25) is 0 Å². The van der Waals surface area contributed by atoms with Gasteiger partial charge < -0.3 is 10.1 Å². The zero-order valence-corrected chi connectivity index (χ0v) is 17.8. The Morgan fingerprint density at radius 3 is 2.63 bits per heavy atom. The van der Waals surface area contributed by atoms with Crippen LogP contribution in [-0.2, 0) is 11.8 Å². The molecule has 2 heterocycles. The molecule has 1 amide bonds. The van der Waals surface area contributed by atoms with Crippen LogP contribution >= 0.6 is 0 Å². The van der Waals surface area contributed by atoms with Gasteiger partial charge in [-0.1, -0.05) is 19.8 Å². The predicted octanol–water partition coefficient (Wildman–Crippen LogP) is 4.45. The van der Waals surface area contributed by atoms with E-state index in [0.29, 0.717) is 17.9 Å². The fraction of sp³-hybridized carbons (Fsp3) is 0.391. The van der Waals surface area contributed by atoms with Crippen molar-refractivity contribution in [2.75, 3.05) is 11.9 Å². The van der Waals surface area contributed by atoms with Gasteiger partial charge in [-0.2, -0.15) is 5.10 Å². The molecule has 3 rings (SSSR count). The first kappa shape index (κ1) is 21.5. The molecule has 0 fully saturated rings. The molecule has 0 saturated heterocycles. The number of aromatic nitrogens is 3. The van der Waals surface area contributed by atoms with Crippen LogP contribution in [0, 0.1) is 6.92 Å². The van der Waals surface area contributed by atoms with Crippen molar-refractivity contribution in [1.82, 2.24) is 14.8 Å². The van der Waals surface area contributed by atoms with Gasteiger partial charge in [0.2, 0.25) is 5.91 Å². The summed E-state index contributed by atoms with van der Waals surface area (Å²) in [6.45, 7) is 4.73. The van der Waals surface area contributed by atoms with Crippen molar-refractivity contribution >= 4 is 28.4 Å². The number of ketones is 1. The fourth-order valence-corrected chi connectivity index (χ4v) is 3.25. The van der Waals surface area contributed by atoms with Crippen LogP contribution in [0.3, 0.4) is 0 Å². The number of carbonyl (C=O) groups excluding carboxylic acids is 2. The molecule has 7 heteroatoms. The average Bonchev–Trinajstić information content (AvgIpc) is 3.03. The van der Waals surface area contributed by atoms with Gasteiger partial charge in [-0.3, -0.25) is 14.3 Å². The number of fused-ring (bicyclic) bond motifs is 1. The van der Waals surface area contributed by atoms with Gasteiger partial charge in [0.25, 0.3) is 0 Å². The SMILES string of the molecule is CCCCCOc1ccc(C(=O)CCC(=O)Nc2cnc3c(c2)c(C)nn3C)cc1. The summed E-state index contributed by atoms with van der Waals surface area (Å²) < 4.78 is 7.37. The highest BCUT2D eigenvalue weighted by Gasteiger charge is 2.12. The highest BCUT2D eigenvalue weighted by Crippen LogP contribution is 2.20. The Hall–Kier alpha value is -3.22. The molecule has 0 unspecified atom stereocenters. The van der Waals surface area contributed by atoms with Gasteiger partial charge in [0.1, 0.15) is 5.75 Å². The number of carbonyl (C=O) groups is 2. The lowest BCUT2D eigenvalue weighted by Gasteiger charge is -2.07. The van der Waals surface area contributed by atoms with E-state index in [9.17, 15) is 9.59 Å². The molecule has 0 aliphatic rings. The van der Waals surface area contributed by atoms with Crippen LogP contribution in [0.5, 0.6) is 5.75 Å². The zero-order valence-electron chi connectivity index (χ0n) is 17.8. The molecule has 0 radical (unpaired) electrons. The standard InChI is InChI=1S/C23H28N4O3/c1-4-5-6-13-30-19-9-7-17(8-10-19)21(28)11-12-22(29)25-18-14-20-16(2)26-27(3)23(20)24-15-18/h7-10,14-15H,4-6,11-13H2,1-3H3,(H,25,29). The number of unbranched alkanes of at least 4 members (excludes halogenated alkanes) is 2. The van der Waals surface area contributed by atoms with Crippen molar-refractivity contribution in [3.63, 3.8) is 0 Å². The number of Topliss-reactive ketones (excluding diaryl/α,β-unsaturated/α-hetero) is 1. The maximum absolute atomic E-state index is 12.4. The number of nitrogens with zero attached hydrogens (tertiary/aromatic N) is 3. The van der Waals surface area contributed by atoms with E-state index in [1.807, 2.05) is 20.0 Å². The van der Waals surface area contributed by atoms with E-state index >= 15 is 0 Å². The minimum atomic E-state index is -0.220. The normalized spacial score (nSPS) is 10.9. The summed E-state index contributed by atoms with van der Waals surface area (Å²) in [5.74, 6) is 0.468. The summed E-state index contributed by atoms with van der Waals surface area (Å²) in [5, 5.41) is 8.02. The van der Waals surface area contributed by atoms with Gasteiger partial charge in [0, 0.05) is 30.8 Å². The topological polar surface area (TPSA) is 86.1 Å². The molecular weight excluding hydrogens is 380 g/mol. The lowest BCUT2D eigenvalue weighted by atomic mass is 10.1. The molecular formula is C23H28N4O3. The second kappa shape index (κ2) is 10.0. The monoisotopic (exact) mass is 408 g/mol. The van der Waals surface area contributed by atoms with Crippen molar-refractivity contribution in [2.45, 2.75) is 46.0 Å². The average molecular weight is 409 g/mol. The minimum absolute atomic E-state index is 0.0700. The van der Waals surface area contributed by atoms with Crippen molar-refractivity contribution in [1.29, 1.82) is 0 Å². The summed E-state index contributed by atoms with van der Waals surface area (Å²) in [5.41, 5.74) is 2.79. The van der Waals surface area contributed by atoms with Crippen molar-refractivity contribution in [3.05, 3.63) is 47.8 Å². The Morgan fingerprint density at radius 2 is 1.90 bits per heavy atom. The summed E-state index contributed by atoms with van der Waals surface area (Å²) in [4.78, 5) is 29.0. The van der Waals surface area contributed by atoms with Gasteiger partial charge in [0.05, 0.1) is 24.2 Å². The number of hydrogen-bond donors (Lipinski definition) is 1.